The van der Waals surface area contributed by atoms with Gasteiger partial charge in [0.15, 0.2) is 11.6 Å². The molecule has 0 radical (unpaired) electrons. The van der Waals surface area contributed by atoms with Crippen LogP contribution in [0.4, 0.5) is 17.3 Å². The van der Waals surface area contributed by atoms with E-state index >= 15 is 0 Å². The van der Waals surface area contributed by atoms with Crippen molar-refractivity contribution < 1.29 is 4.42 Å². The number of aromatic nitrogens is 2. The van der Waals surface area contributed by atoms with Crippen LogP contribution in [0, 0.1) is 0 Å². The van der Waals surface area contributed by atoms with Gasteiger partial charge in [0.25, 0.3) is 0 Å². The second kappa shape index (κ2) is 6.63. The molecule has 2 aliphatic rings. The number of hydrogen-bond acceptors (Lipinski definition) is 6. The molecule has 0 atom stereocenters. The third-order valence-corrected chi connectivity index (χ3v) is 6.52. The largest absolute Gasteiger partial charge is 0.457 e. The summed E-state index contributed by atoms with van der Waals surface area (Å²) in [5.41, 5.74) is 3.87. The lowest BCUT2D eigenvalue weighted by Gasteiger charge is -2.49. The molecule has 6 nitrogen and oxygen atoms in total. The maximum absolute atomic E-state index is 6.19. The van der Waals surface area contributed by atoms with Gasteiger partial charge in [-0.05, 0) is 50.5 Å². The number of fused-ring (bicyclic) bond motifs is 4. The average Bonchev–Trinajstić information content (AvgIpc) is 3.26. The molecule has 0 bridgehead atoms. The Morgan fingerprint density at radius 1 is 0.906 bits per heavy atom. The number of para-hydroxylation sites is 2. The molecular weight excluding hydrogens is 397 g/mol. The molecule has 0 saturated carbocycles. The molecule has 4 heterocycles. The van der Waals surface area contributed by atoms with Crippen LogP contribution in [0.2, 0.25) is 6.82 Å². The first kappa shape index (κ1) is 19.0. The molecule has 0 fully saturated rings. The van der Waals surface area contributed by atoms with Gasteiger partial charge < -0.3 is 9.34 Å². The van der Waals surface area contributed by atoms with Gasteiger partial charge in [0, 0.05) is 29.2 Å². The van der Waals surface area contributed by atoms with Crippen LogP contribution in [0.15, 0.2) is 77.1 Å². The molecule has 32 heavy (non-hydrogen) atoms. The predicted octanol–water partition coefficient (Wildman–Crippen LogP) is 5.04. The van der Waals surface area contributed by atoms with E-state index in [1.54, 1.807) is 12.4 Å². The van der Waals surface area contributed by atoms with E-state index in [9.17, 15) is 0 Å². The number of rotatable bonds is 2. The number of hydrazine groups is 1. The first-order valence-electron chi connectivity index (χ1n) is 10.9. The summed E-state index contributed by atoms with van der Waals surface area (Å²) in [5.74, 6) is 2.63. The summed E-state index contributed by atoms with van der Waals surface area (Å²) >= 11 is 0. The SMILES string of the molecule is CB1c2c(oc3ccccc23)C=C(C)N1N1c2nccnc2N(c2ccccc2)C1(C)C. The molecule has 2 aliphatic heterocycles. The molecule has 0 spiro atoms. The van der Waals surface area contributed by atoms with E-state index in [1.165, 1.54) is 5.46 Å². The summed E-state index contributed by atoms with van der Waals surface area (Å²) in [6.45, 7) is 8.85. The van der Waals surface area contributed by atoms with Crippen LogP contribution in [0.5, 0.6) is 0 Å². The van der Waals surface area contributed by atoms with Crippen LogP contribution in [-0.2, 0) is 0 Å². The van der Waals surface area contributed by atoms with Crippen LogP contribution in [0.25, 0.3) is 17.0 Å². The number of hydrogen-bond donors (Lipinski definition) is 0. The lowest BCUT2D eigenvalue weighted by atomic mass is 9.54. The van der Waals surface area contributed by atoms with Crippen LogP contribution >= 0.6 is 0 Å². The van der Waals surface area contributed by atoms with Crippen molar-refractivity contribution >= 4 is 46.7 Å². The average molecular weight is 421 g/mol. The highest BCUT2D eigenvalue weighted by molar-refractivity contribution is 6.73. The smallest absolute Gasteiger partial charge is 0.315 e. The van der Waals surface area contributed by atoms with E-state index in [0.29, 0.717) is 0 Å². The number of furan rings is 1. The molecule has 2 aromatic carbocycles. The van der Waals surface area contributed by atoms with E-state index in [1.807, 2.05) is 18.2 Å². The Morgan fingerprint density at radius 3 is 2.38 bits per heavy atom. The Balaban J connectivity index is 1.54. The van der Waals surface area contributed by atoms with Crippen LogP contribution in [-0.4, -0.2) is 27.4 Å². The van der Waals surface area contributed by atoms with Crippen LogP contribution in [0.1, 0.15) is 26.5 Å². The number of nitrogens with zero attached hydrogens (tertiary/aromatic N) is 5. The minimum absolute atomic E-state index is 0.0588. The highest BCUT2D eigenvalue weighted by atomic mass is 16.3. The monoisotopic (exact) mass is 421 g/mol. The van der Waals surface area contributed by atoms with Crippen molar-refractivity contribution in [1.29, 1.82) is 0 Å². The van der Waals surface area contributed by atoms with E-state index in [-0.39, 0.29) is 6.85 Å². The molecule has 7 heteroatoms. The van der Waals surface area contributed by atoms with E-state index in [0.717, 1.165) is 39.7 Å². The molecule has 6 rings (SSSR count). The molecule has 0 saturated heterocycles. The highest BCUT2D eigenvalue weighted by Gasteiger charge is 2.51. The predicted molar refractivity (Wildman–Crippen MR) is 130 cm³/mol. The molecule has 158 valence electrons. The van der Waals surface area contributed by atoms with Gasteiger partial charge in [-0.25, -0.2) is 9.97 Å². The third kappa shape index (κ3) is 2.48. The Bertz CT molecular complexity index is 1360. The lowest BCUT2D eigenvalue weighted by Crippen LogP contribution is -2.64. The lowest BCUT2D eigenvalue weighted by molar-refractivity contribution is 0.351. The molecule has 0 amide bonds. The minimum atomic E-state index is -0.439. The zero-order valence-corrected chi connectivity index (χ0v) is 18.6. The molecule has 0 aliphatic carbocycles. The minimum Gasteiger partial charge on any atom is -0.457 e. The summed E-state index contributed by atoms with van der Waals surface area (Å²) < 4.78 is 6.19. The maximum atomic E-state index is 6.19. The molecule has 0 unspecified atom stereocenters. The van der Waals surface area contributed by atoms with Crippen molar-refractivity contribution in [3.63, 3.8) is 0 Å². The Morgan fingerprint density at radius 2 is 1.59 bits per heavy atom. The van der Waals surface area contributed by atoms with E-state index in [2.05, 4.69) is 84.9 Å². The summed E-state index contributed by atoms with van der Waals surface area (Å²) in [6, 6.07) is 18.6. The Labute approximate surface area is 187 Å². The molecular formula is C25H24BN5O. The number of anilines is 3. The van der Waals surface area contributed by atoms with Crippen molar-refractivity contribution in [1.82, 2.24) is 14.9 Å². The van der Waals surface area contributed by atoms with Gasteiger partial charge in [-0.2, -0.15) is 0 Å². The van der Waals surface area contributed by atoms with Crippen LogP contribution in [0.3, 0.4) is 0 Å². The number of benzene rings is 2. The summed E-state index contributed by atoms with van der Waals surface area (Å²) in [4.78, 5) is 14.1. The first-order valence-corrected chi connectivity index (χ1v) is 10.9. The van der Waals surface area contributed by atoms with Gasteiger partial charge in [-0.1, -0.05) is 43.2 Å². The van der Waals surface area contributed by atoms with Crippen molar-refractivity contribution in [3.05, 3.63) is 78.4 Å². The number of allylic oxidation sites excluding steroid dienone is 1. The summed E-state index contributed by atoms with van der Waals surface area (Å²) in [6.07, 6.45) is 5.66. The zero-order valence-electron chi connectivity index (χ0n) is 18.6. The quantitative estimate of drug-likeness (QED) is 0.423. The van der Waals surface area contributed by atoms with Crippen molar-refractivity contribution in [2.24, 2.45) is 0 Å². The highest BCUT2D eigenvalue weighted by Crippen LogP contribution is 2.48. The summed E-state index contributed by atoms with van der Waals surface area (Å²) in [7, 11) is 0. The fourth-order valence-electron chi connectivity index (χ4n) is 5.26. The van der Waals surface area contributed by atoms with Gasteiger partial charge in [0.1, 0.15) is 17.0 Å². The first-order chi connectivity index (χ1) is 15.5. The topological polar surface area (TPSA) is 48.6 Å². The standard InChI is InChI=1S/C25H24BN5O/c1-17-16-21-22(19-12-8-9-13-20(19)32-21)26(4)31(17)30-24-23(27-14-15-28-24)29(25(30,2)3)18-10-6-5-7-11-18/h5-16H,1-4H3. The zero-order chi connectivity index (χ0) is 22.0. The third-order valence-electron chi connectivity index (χ3n) is 6.52. The van der Waals surface area contributed by atoms with E-state index in [4.69, 9.17) is 14.4 Å². The second-order valence-corrected chi connectivity index (χ2v) is 8.86. The van der Waals surface area contributed by atoms with Gasteiger partial charge in [0.2, 0.25) is 0 Å². The van der Waals surface area contributed by atoms with Gasteiger partial charge in [-0.15, -0.1) is 0 Å². The molecule has 2 aromatic heterocycles. The summed E-state index contributed by atoms with van der Waals surface area (Å²) in [5, 5.41) is 3.43. The van der Waals surface area contributed by atoms with Gasteiger partial charge in [0.05, 0.1) is 0 Å². The van der Waals surface area contributed by atoms with Crippen LogP contribution < -0.4 is 15.4 Å². The fraction of sp³-hybridized carbons (Fsp3) is 0.200. The van der Waals surface area contributed by atoms with Crippen molar-refractivity contribution in [2.45, 2.75) is 33.3 Å². The normalized spacial score (nSPS) is 16.9. The van der Waals surface area contributed by atoms with Crippen molar-refractivity contribution in [3.8, 4) is 0 Å². The maximum Gasteiger partial charge on any atom is 0.315 e. The Kier molecular flexibility index (Phi) is 3.93. The van der Waals surface area contributed by atoms with E-state index < -0.39 is 5.66 Å². The molecule has 0 N–H and O–H groups in total. The molecule has 4 aromatic rings. The fourth-order valence-corrected chi connectivity index (χ4v) is 5.26. The van der Waals surface area contributed by atoms with Gasteiger partial charge >= 0.3 is 6.85 Å². The second-order valence-electron chi connectivity index (χ2n) is 8.86. The van der Waals surface area contributed by atoms with Gasteiger partial charge in [-0.3, -0.25) is 9.91 Å². The Hall–Kier alpha value is -3.74. The van der Waals surface area contributed by atoms with Crippen molar-refractivity contribution in [2.75, 3.05) is 9.91 Å².